The molecule has 0 heterocycles. The lowest BCUT2D eigenvalue weighted by Crippen LogP contribution is -2.39. The highest BCUT2D eigenvalue weighted by molar-refractivity contribution is 6.30. The van der Waals surface area contributed by atoms with Crippen LogP contribution in [0.15, 0.2) is 30.3 Å². The number of halogens is 1. The van der Waals surface area contributed by atoms with Gasteiger partial charge < -0.3 is 15.4 Å². The summed E-state index contributed by atoms with van der Waals surface area (Å²) >= 11 is 6.00. The molecule has 6 heteroatoms. The summed E-state index contributed by atoms with van der Waals surface area (Å²) in [4.78, 5) is 23.1. The Hall–Kier alpha value is -1.59. The number of alkyl halides is 1. The molecule has 1 unspecified atom stereocenters. The molecule has 2 amide bonds. The average Bonchev–Trinajstić information content (AvgIpc) is 2.45. The Morgan fingerprint density at radius 3 is 2.58 bits per heavy atom. The van der Waals surface area contributed by atoms with Gasteiger partial charge in [0.05, 0.1) is 13.2 Å². The summed E-state index contributed by atoms with van der Waals surface area (Å²) in [6.07, 6.45) is 0. The first-order valence-corrected chi connectivity index (χ1v) is 6.31. The van der Waals surface area contributed by atoms with Gasteiger partial charge in [0.2, 0.25) is 11.8 Å². The maximum Gasteiger partial charge on any atom is 0.243 e. The van der Waals surface area contributed by atoms with Crippen molar-refractivity contribution in [3.63, 3.8) is 0 Å². The Kier molecular flexibility index (Phi) is 6.92. The summed E-state index contributed by atoms with van der Waals surface area (Å²) in [6.45, 7) is 0.745. The Morgan fingerprint density at radius 1 is 1.26 bits per heavy atom. The molecule has 1 atom stereocenters. The lowest BCUT2D eigenvalue weighted by Gasteiger charge is -2.10. The molecular weight excluding hydrogens is 268 g/mol. The van der Waals surface area contributed by atoms with Crippen LogP contribution in [0.4, 0.5) is 0 Å². The second kappa shape index (κ2) is 8.50. The van der Waals surface area contributed by atoms with E-state index in [9.17, 15) is 9.59 Å². The fourth-order valence-corrected chi connectivity index (χ4v) is 1.61. The molecule has 2 N–H and O–H groups in total. The van der Waals surface area contributed by atoms with E-state index in [0.717, 1.165) is 0 Å². The number of methoxy groups -OCH3 is 1. The van der Waals surface area contributed by atoms with Crippen molar-refractivity contribution in [2.45, 2.75) is 5.38 Å². The Bertz CT molecular complexity index is 412. The normalized spacial score (nSPS) is 11.7. The molecule has 1 rings (SSSR count). The number of amides is 2. The van der Waals surface area contributed by atoms with Gasteiger partial charge in [-0.05, 0) is 5.56 Å². The molecular formula is C13H17ClN2O3. The maximum atomic E-state index is 11.7. The molecule has 0 spiro atoms. The Balaban J connectivity index is 2.33. The van der Waals surface area contributed by atoms with E-state index in [1.54, 1.807) is 31.4 Å². The summed E-state index contributed by atoms with van der Waals surface area (Å²) in [6, 6.07) is 8.96. The highest BCUT2D eigenvalue weighted by atomic mass is 35.5. The van der Waals surface area contributed by atoms with E-state index < -0.39 is 11.3 Å². The van der Waals surface area contributed by atoms with Gasteiger partial charge in [-0.2, -0.15) is 0 Å². The fourth-order valence-electron chi connectivity index (χ4n) is 1.39. The smallest absolute Gasteiger partial charge is 0.243 e. The summed E-state index contributed by atoms with van der Waals surface area (Å²) in [5.74, 6) is -0.669. The first kappa shape index (κ1) is 15.5. The van der Waals surface area contributed by atoms with Crippen molar-refractivity contribution in [2.24, 2.45) is 0 Å². The van der Waals surface area contributed by atoms with Gasteiger partial charge in [0.25, 0.3) is 0 Å². The maximum absolute atomic E-state index is 11.7. The second-order valence-electron chi connectivity index (χ2n) is 3.83. The van der Waals surface area contributed by atoms with E-state index in [1.165, 1.54) is 0 Å². The minimum atomic E-state index is -0.798. The number of hydrogen-bond donors (Lipinski definition) is 2. The molecule has 0 aromatic heterocycles. The van der Waals surface area contributed by atoms with Gasteiger partial charge in [-0.3, -0.25) is 9.59 Å². The molecule has 1 aromatic carbocycles. The first-order valence-electron chi connectivity index (χ1n) is 5.87. The van der Waals surface area contributed by atoms with Gasteiger partial charge in [-0.1, -0.05) is 30.3 Å². The van der Waals surface area contributed by atoms with Gasteiger partial charge in [0, 0.05) is 13.7 Å². The molecule has 0 bridgehead atoms. The van der Waals surface area contributed by atoms with Crippen LogP contribution in [-0.4, -0.2) is 38.6 Å². The fraction of sp³-hybridized carbons (Fsp3) is 0.385. The van der Waals surface area contributed by atoms with Crippen molar-refractivity contribution in [1.29, 1.82) is 0 Å². The standard InChI is InChI=1S/C13H17ClN2O3/c1-19-8-7-15-11(17)9-16-13(18)12(14)10-5-3-2-4-6-10/h2-6,12H,7-9H2,1H3,(H,15,17)(H,16,18). The van der Waals surface area contributed by atoms with Crippen molar-refractivity contribution < 1.29 is 14.3 Å². The van der Waals surface area contributed by atoms with Gasteiger partial charge >= 0.3 is 0 Å². The molecule has 0 aliphatic heterocycles. The molecule has 0 radical (unpaired) electrons. The van der Waals surface area contributed by atoms with E-state index in [1.807, 2.05) is 6.07 Å². The van der Waals surface area contributed by atoms with Gasteiger partial charge in [-0.25, -0.2) is 0 Å². The van der Waals surface area contributed by atoms with Crippen molar-refractivity contribution in [1.82, 2.24) is 10.6 Å². The van der Waals surface area contributed by atoms with Crippen molar-refractivity contribution in [2.75, 3.05) is 26.8 Å². The predicted octanol–water partition coefficient (Wildman–Crippen LogP) is 0.845. The third-order valence-corrected chi connectivity index (χ3v) is 2.82. The van der Waals surface area contributed by atoms with E-state index in [-0.39, 0.29) is 12.5 Å². The molecule has 0 saturated carbocycles. The molecule has 0 saturated heterocycles. The van der Waals surface area contributed by atoms with Gasteiger partial charge in [0.15, 0.2) is 0 Å². The van der Waals surface area contributed by atoms with Crippen LogP contribution in [0.3, 0.4) is 0 Å². The first-order chi connectivity index (χ1) is 9.15. The van der Waals surface area contributed by atoms with E-state index in [2.05, 4.69) is 10.6 Å². The molecule has 5 nitrogen and oxygen atoms in total. The number of benzene rings is 1. The highest BCUT2D eigenvalue weighted by Crippen LogP contribution is 2.19. The van der Waals surface area contributed by atoms with Crippen LogP contribution in [0, 0.1) is 0 Å². The van der Waals surface area contributed by atoms with Gasteiger partial charge in [0.1, 0.15) is 5.38 Å². The molecule has 0 aliphatic rings. The summed E-state index contributed by atoms with van der Waals surface area (Å²) in [7, 11) is 1.55. The number of rotatable bonds is 7. The van der Waals surface area contributed by atoms with Crippen LogP contribution in [0.5, 0.6) is 0 Å². The lowest BCUT2D eigenvalue weighted by molar-refractivity contribution is -0.126. The van der Waals surface area contributed by atoms with Crippen LogP contribution in [0.25, 0.3) is 0 Å². The van der Waals surface area contributed by atoms with Crippen LogP contribution in [-0.2, 0) is 14.3 Å². The average molecular weight is 285 g/mol. The predicted molar refractivity (Wildman–Crippen MR) is 72.9 cm³/mol. The van der Waals surface area contributed by atoms with Gasteiger partial charge in [-0.15, -0.1) is 11.6 Å². The Morgan fingerprint density at radius 2 is 1.95 bits per heavy atom. The van der Waals surface area contributed by atoms with E-state index in [0.29, 0.717) is 18.7 Å². The van der Waals surface area contributed by atoms with Crippen molar-refractivity contribution in [3.8, 4) is 0 Å². The lowest BCUT2D eigenvalue weighted by atomic mass is 10.1. The zero-order valence-corrected chi connectivity index (χ0v) is 11.4. The third-order valence-electron chi connectivity index (χ3n) is 2.37. The molecule has 0 aliphatic carbocycles. The summed E-state index contributed by atoms with van der Waals surface area (Å²) in [5, 5.41) is 4.28. The number of carbonyl (C=O) groups is 2. The zero-order valence-electron chi connectivity index (χ0n) is 10.7. The van der Waals surface area contributed by atoms with Crippen LogP contribution < -0.4 is 10.6 Å². The topological polar surface area (TPSA) is 67.4 Å². The summed E-state index contributed by atoms with van der Waals surface area (Å²) in [5.41, 5.74) is 0.696. The van der Waals surface area contributed by atoms with E-state index in [4.69, 9.17) is 16.3 Å². The zero-order chi connectivity index (χ0) is 14.1. The summed E-state index contributed by atoms with van der Waals surface area (Å²) < 4.78 is 4.79. The highest BCUT2D eigenvalue weighted by Gasteiger charge is 2.17. The quantitative estimate of drug-likeness (QED) is 0.576. The monoisotopic (exact) mass is 284 g/mol. The molecule has 104 valence electrons. The van der Waals surface area contributed by atoms with Crippen LogP contribution >= 0.6 is 11.6 Å². The SMILES string of the molecule is COCCNC(=O)CNC(=O)C(Cl)c1ccccc1. The number of nitrogens with one attached hydrogen (secondary N) is 2. The van der Waals surface area contributed by atoms with E-state index >= 15 is 0 Å². The van der Waals surface area contributed by atoms with Crippen molar-refractivity contribution >= 4 is 23.4 Å². The minimum Gasteiger partial charge on any atom is -0.383 e. The third kappa shape index (κ3) is 5.72. The second-order valence-corrected chi connectivity index (χ2v) is 4.27. The minimum absolute atomic E-state index is 0.0986. The van der Waals surface area contributed by atoms with Crippen LogP contribution in [0.2, 0.25) is 0 Å². The Labute approximate surface area is 117 Å². The molecule has 0 fully saturated rings. The number of carbonyl (C=O) groups excluding carboxylic acids is 2. The molecule has 19 heavy (non-hydrogen) atoms. The molecule has 1 aromatic rings. The van der Waals surface area contributed by atoms with Crippen molar-refractivity contribution in [3.05, 3.63) is 35.9 Å². The largest absolute Gasteiger partial charge is 0.383 e. The van der Waals surface area contributed by atoms with Crippen LogP contribution in [0.1, 0.15) is 10.9 Å². The number of ether oxygens (including phenoxy) is 1. The number of hydrogen-bond acceptors (Lipinski definition) is 3.